The molecule has 2 aromatic heterocycles. The third kappa shape index (κ3) is 3.21. The Morgan fingerprint density at radius 2 is 2.30 bits per heavy atom. The molecule has 1 fully saturated rings. The molecule has 0 spiro atoms. The zero-order valence-corrected chi connectivity index (χ0v) is 13.4. The van der Waals surface area contributed by atoms with Gasteiger partial charge in [0.2, 0.25) is 6.23 Å². The van der Waals surface area contributed by atoms with E-state index in [0.717, 1.165) is 0 Å². The number of ether oxygens (including phenoxy) is 2. The molecule has 2 aromatic rings. The maximum Gasteiger partial charge on any atom is 0.203 e. The van der Waals surface area contributed by atoms with Crippen molar-refractivity contribution in [1.29, 1.82) is 0 Å². The highest BCUT2D eigenvalue weighted by molar-refractivity contribution is 6.33. The zero-order valence-electron chi connectivity index (χ0n) is 12.6. The van der Waals surface area contributed by atoms with Gasteiger partial charge in [0.05, 0.1) is 5.39 Å². The molecule has 2 atom stereocenters. The smallest absolute Gasteiger partial charge is 0.203 e. The molecule has 3 heterocycles. The summed E-state index contributed by atoms with van der Waals surface area (Å²) in [6, 6.07) is 1.78. The standard InChI is InChI=1S/C15H16ClN3O4/c1-15(2,21)23-11-7-9(4-6-20)22-14(11)19-5-3-10-12(16)17-8-18-13(10)19/h3-6,8,11,14,21H,7H2,1-2H3/b9-4+/t11-,14-/m1/s1. The van der Waals surface area contributed by atoms with Gasteiger partial charge in [-0.1, -0.05) is 11.6 Å². The Bertz CT molecular complexity index is 766. The lowest BCUT2D eigenvalue weighted by Gasteiger charge is -2.27. The summed E-state index contributed by atoms with van der Waals surface area (Å²) < 4.78 is 13.2. The minimum atomic E-state index is -1.33. The Balaban J connectivity index is 2.01. The quantitative estimate of drug-likeness (QED) is 0.398. The van der Waals surface area contributed by atoms with Crippen LogP contribution < -0.4 is 0 Å². The van der Waals surface area contributed by atoms with E-state index in [2.05, 4.69) is 9.97 Å². The van der Waals surface area contributed by atoms with Gasteiger partial charge in [-0.05, 0) is 19.9 Å². The maximum absolute atomic E-state index is 10.7. The number of nitrogens with zero attached hydrogens (tertiary/aromatic N) is 3. The predicted molar refractivity (Wildman–Crippen MR) is 82.6 cm³/mol. The molecule has 0 bridgehead atoms. The van der Waals surface area contributed by atoms with Crippen LogP contribution in [0.3, 0.4) is 0 Å². The van der Waals surface area contributed by atoms with Crippen molar-refractivity contribution in [3.05, 3.63) is 35.6 Å². The molecule has 0 radical (unpaired) electrons. The fourth-order valence-electron chi connectivity index (χ4n) is 2.61. The Morgan fingerprint density at radius 1 is 1.52 bits per heavy atom. The van der Waals surface area contributed by atoms with Crippen LogP contribution in [-0.2, 0) is 14.3 Å². The third-order valence-corrected chi connectivity index (χ3v) is 3.72. The van der Waals surface area contributed by atoms with E-state index in [1.165, 1.54) is 26.3 Å². The summed E-state index contributed by atoms with van der Waals surface area (Å²) in [5, 5.41) is 11.0. The monoisotopic (exact) mass is 337 g/mol. The van der Waals surface area contributed by atoms with Gasteiger partial charge in [0, 0.05) is 18.7 Å². The van der Waals surface area contributed by atoms with Crippen LogP contribution in [0.15, 0.2) is 30.4 Å². The SMILES string of the molecule is CC(C)(O)O[C@@H]1C/C(=C\C=O)O[C@H]1n1ccc2c(Cl)ncnc21. The van der Waals surface area contributed by atoms with Crippen molar-refractivity contribution in [2.75, 3.05) is 0 Å². The van der Waals surface area contributed by atoms with Crippen molar-refractivity contribution in [2.24, 2.45) is 0 Å². The second-order valence-electron chi connectivity index (χ2n) is 5.71. The molecule has 3 rings (SSSR count). The molecule has 0 amide bonds. The number of carbonyl (C=O) groups excluding carboxylic acids is 1. The number of aliphatic hydroxyl groups is 1. The first-order valence-electron chi connectivity index (χ1n) is 7.07. The molecule has 0 unspecified atom stereocenters. The lowest BCUT2D eigenvalue weighted by atomic mass is 10.2. The summed E-state index contributed by atoms with van der Waals surface area (Å²) in [7, 11) is 0. The van der Waals surface area contributed by atoms with Crippen LogP contribution in [0, 0.1) is 0 Å². The number of aldehydes is 1. The first kappa shape index (κ1) is 15.9. The number of hydrogen-bond donors (Lipinski definition) is 1. The molecule has 0 aromatic carbocycles. The van der Waals surface area contributed by atoms with E-state index in [-0.39, 0.29) is 0 Å². The van der Waals surface area contributed by atoms with Gasteiger partial charge in [-0.25, -0.2) is 9.97 Å². The van der Waals surface area contributed by atoms with Crippen LogP contribution in [0.4, 0.5) is 0 Å². The molecule has 8 heteroatoms. The van der Waals surface area contributed by atoms with Gasteiger partial charge >= 0.3 is 0 Å². The van der Waals surface area contributed by atoms with Crippen molar-refractivity contribution >= 4 is 28.9 Å². The van der Waals surface area contributed by atoms with E-state index in [1.54, 1.807) is 16.8 Å². The number of halogens is 1. The van der Waals surface area contributed by atoms with Gasteiger partial charge in [0.15, 0.2) is 5.79 Å². The fraction of sp³-hybridized carbons (Fsp3) is 0.400. The molecule has 122 valence electrons. The van der Waals surface area contributed by atoms with E-state index in [4.69, 9.17) is 21.1 Å². The Morgan fingerprint density at radius 3 is 3.00 bits per heavy atom. The highest BCUT2D eigenvalue weighted by Gasteiger charge is 2.38. The van der Waals surface area contributed by atoms with Crippen molar-refractivity contribution in [1.82, 2.24) is 14.5 Å². The lowest BCUT2D eigenvalue weighted by Crippen LogP contribution is -2.33. The molecular weight excluding hydrogens is 322 g/mol. The summed E-state index contributed by atoms with van der Waals surface area (Å²) in [5.41, 5.74) is 0.590. The van der Waals surface area contributed by atoms with Crippen LogP contribution >= 0.6 is 11.6 Å². The molecular formula is C15H16ClN3O4. The Hall–Kier alpha value is -1.96. The second kappa shape index (κ2) is 5.92. The topological polar surface area (TPSA) is 86.5 Å². The number of aromatic nitrogens is 3. The number of rotatable bonds is 4. The number of hydrogen-bond acceptors (Lipinski definition) is 6. The van der Waals surface area contributed by atoms with Crippen molar-refractivity contribution in [3.8, 4) is 0 Å². The largest absolute Gasteiger partial charge is 0.471 e. The van der Waals surface area contributed by atoms with Gasteiger partial charge in [-0.2, -0.15) is 0 Å². The second-order valence-corrected chi connectivity index (χ2v) is 6.07. The summed E-state index contributed by atoms with van der Waals surface area (Å²) in [6.07, 6.45) is 4.44. The number of fused-ring (bicyclic) bond motifs is 1. The highest BCUT2D eigenvalue weighted by Crippen LogP contribution is 2.37. The summed E-state index contributed by atoms with van der Waals surface area (Å²) in [5.74, 6) is -0.848. The van der Waals surface area contributed by atoms with E-state index in [9.17, 15) is 9.90 Å². The van der Waals surface area contributed by atoms with Gasteiger partial charge in [-0.3, -0.25) is 9.36 Å². The zero-order chi connectivity index (χ0) is 16.6. The normalized spacial score (nSPS) is 23.4. The van der Waals surface area contributed by atoms with Crippen LogP contribution in [-0.4, -0.2) is 37.8 Å². The van der Waals surface area contributed by atoms with E-state index in [1.807, 2.05) is 0 Å². The fourth-order valence-corrected chi connectivity index (χ4v) is 2.80. The average molecular weight is 338 g/mol. The van der Waals surface area contributed by atoms with Gasteiger partial charge in [0.1, 0.15) is 35.3 Å². The van der Waals surface area contributed by atoms with Crippen molar-refractivity contribution < 1.29 is 19.4 Å². The first-order valence-corrected chi connectivity index (χ1v) is 7.45. The summed E-state index contributed by atoms with van der Waals surface area (Å²) >= 11 is 6.06. The number of carbonyl (C=O) groups is 1. The molecule has 1 saturated heterocycles. The van der Waals surface area contributed by atoms with Crippen LogP contribution in [0.25, 0.3) is 11.0 Å². The number of allylic oxidation sites excluding steroid dienone is 1. The minimum Gasteiger partial charge on any atom is -0.471 e. The van der Waals surface area contributed by atoms with Crippen molar-refractivity contribution in [3.63, 3.8) is 0 Å². The van der Waals surface area contributed by atoms with Gasteiger partial charge in [-0.15, -0.1) is 0 Å². The Kier molecular flexibility index (Phi) is 4.09. The van der Waals surface area contributed by atoms with Crippen LogP contribution in [0.5, 0.6) is 0 Å². The van der Waals surface area contributed by atoms with Gasteiger partial charge < -0.3 is 14.6 Å². The van der Waals surface area contributed by atoms with Crippen LogP contribution in [0.2, 0.25) is 5.15 Å². The molecule has 7 nitrogen and oxygen atoms in total. The average Bonchev–Trinajstić information content (AvgIpc) is 3.02. The summed E-state index contributed by atoms with van der Waals surface area (Å²) in [6.45, 7) is 3.08. The van der Waals surface area contributed by atoms with E-state index in [0.29, 0.717) is 34.7 Å². The molecule has 1 aliphatic rings. The van der Waals surface area contributed by atoms with E-state index < -0.39 is 18.1 Å². The molecule has 0 aliphatic carbocycles. The lowest BCUT2D eigenvalue weighted by molar-refractivity contribution is -0.221. The first-order chi connectivity index (χ1) is 10.9. The molecule has 23 heavy (non-hydrogen) atoms. The van der Waals surface area contributed by atoms with Crippen LogP contribution in [0.1, 0.15) is 26.5 Å². The molecule has 1 aliphatic heterocycles. The van der Waals surface area contributed by atoms with Gasteiger partial charge in [0.25, 0.3) is 0 Å². The maximum atomic E-state index is 10.7. The predicted octanol–water partition coefficient (Wildman–Crippen LogP) is 2.20. The third-order valence-electron chi connectivity index (χ3n) is 3.42. The molecule has 1 N–H and O–H groups in total. The Labute approximate surface area is 137 Å². The molecule has 0 saturated carbocycles. The summed E-state index contributed by atoms with van der Waals surface area (Å²) in [4.78, 5) is 18.9. The van der Waals surface area contributed by atoms with E-state index >= 15 is 0 Å². The van der Waals surface area contributed by atoms with Crippen molar-refractivity contribution in [2.45, 2.75) is 38.4 Å². The highest BCUT2D eigenvalue weighted by atomic mass is 35.5. The minimum absolute atomic E-state index is 0.343.